The van der Waals surface area contributed by atoms with Crippen LogP contribution in [0.1, 0.15) is 11.1 Å². The molecule has 0 aromatic heterocycles. The summed E-state index contributed by atoms with van der Waals surface area (Å²) < 4.78 is 26.0. The van der Waals surface area contributed by atoms with Gasteiger partial charge in [-0.05, 0) is 35.4 Å². The first-order valence-corrected chi connectivity index (χ1v) is 10.8. The minimum atomic E-state index is -3.80. The van der Waals surface area contributed by atoms with Crippen molar-refractivity contribution in [3.63, 3.8) is 0 Å². The second kappa shape index (κ2) is 9.06. The topological polar surface area (TPSA) is 95.6 Å². The maximum Gasteiger partial charge on any atom is 0.253 e. The fourth-order valence-electron chi connectivity index (χ4n) is 2.93. The summed E-state index contributed by atoms with van der Waals surface area (Å²) in [4.78, 5) is 24.3. The van der Waals surface area contributed by atoms with Gasteiger partial charge in [0, 0.05) is 7.05 Å². The SMILES string of the molecule is Cc1ccc(S(=O)(=O)N(C)CC(=O)NNC(=O)Cc2ccc3ccccc3c2)cc1. The lowest BCUT2D eigenvalue weighted by Crippen LogP contribution is -2.47. The lowest BCUT2D eigenvalue weighted by Gasteiger charge is -2.17. The zero-order valence-electron chi connectivity index (χ0n) is 16.8. The molecule has 0 radical (unpaired) electrons. The molecule has 0 saturated carbocycles. The van der Waals surface area contributed by atoms with Crippen molar-refractivity contribution in [2.45, 2.75) is 18.2 Å². The zero-order valence-corrected chi connectivity index (χ0v) is 17.6. The number of sulfonamides is 1. The molecule has 0 fully saturated rings. The third-order valence-corrected chi connectivity index (χ3v) is 6.43. The maximum absolute atomic E-state index is 12.5. The van der Waals surface area contributed by atoms with Gasteiger partial charge in [-0.1, -0.05) is 60.2 Å². The van der Waals surface area contributed by atoms with Gasteiger partial charge in [0.1, 0.15) is 0 Å². The Balaban J connectivity index is 1.52. The lowest BCUT2D eigenvalue weighted by atomic mass is 10.1. The van der Waals surface area contributed by atoms with Crippen LogP contribution in [0.4, 0.5) is 0 Å². The summed E-state index contributed by atoms with van der Waals surface area (Å²) in [6, 6.07) is 19.9. The summed E-state index contributed by atoms with van der Waals surface area (Å²) in [5.74, 6) is -1.04. The number of amides is 2. The molecular formula is C22H23N3O4S. The summed E-state index contributed by atoms with van der Waals surface area (Å²) in [5, 5.41) is 2.10. The molecule has 0 aliphatic heterocycles. The maximum atomic E-state index is 12.5. The number of hydrazine groups is 1. The van der Waals surface area contributed by atoms with Crippen LogP contribution in [0.15, 0.2) is 71.6 Å². The number of carbonyl (C=O) groups is 2. The van der Waals surface area contributed by atoms with Crippen LogP contribution in [0.3, 0.4) is 0 Å². The number of benzene rings is 3. The number of carbonyl (C=O) groups excluding carboxylic acids is 2. The van der Waals surface area contributed by atoms with Gasteiger partial charge in [-0.3, -0.25) is 20.4 Å². The van der Waals surface area contributed by atoms with Crippen LogP contribution >= 0.6 is 0 Å². The Hall–Kier alpha value is -3.23. The van der Waals surface area contributed by atoms with E-state index >= 15 is 0 Å². The van der Waals surface area contributed by atoms with Crippen LogP contribution in [0.2, 0.25) is 0 Å². The summed E-state index contributed by atoms with van der Waals surface area (Å²) in [6.45, 7) is 1.43. The van der Waals surface area contributed by atoms with Crippen LogP contribution in [0, 0.1) is 6.92 Å². The fraction of sp³-hybridized carbons (Fsp3) is 0.182. The number of likely N-dealkylation sites (N-methyl/N-ethyl adjacent to an activating group) is 1. The fourth-order valence-corrected chi connectivity index (χ4v) is 4.06. The van der Waals surface area contributed by atoms with Gasteiger partial charge in [0.15, 0.2) is 0 Å². The van der Waals surface area contributed by atoms with Gasteiger partial charge in [-0.15, -0.1) is 0 Å². The van der Waals surface area contributed by atoms with E-state index in [9.17, 15) is 18.0 Å². The Morgan fingerprint density at radius 1 is 0.867 bits per heavy atom. The summed E-state index contributed by atoms with van der Waals surface area (Å²) in [7, 11) is -2.49. The average molecular weight is 426 g/mol. The Morgan fingerprint density at radius 2 is 1.50 bits per heavy atom. The highest BCUT2D eigenvalue weighted by Gasteiger charge is 2.23. The van der Waals surface area contributed by atoms with E-state index in [1.54, 1.807) is 12.1 Å². The van der Waals surface area contributed by atoms with E-state index in [0.29, 0.717) is 0 Å². The molecule has 0 atom stereocenters. The van der Waals surface area contributed by atoms with Crippen LogP contribution in [0.5, 0.6) is 0 Å². The summed E-state index contributed by atoms with van der Waals surface area (Å²) >= 11 is 0. The molecule has 2 amide bonds. The minimum Gasteiger partial charge on any atom is -0.273 e. The van der Waals surface area contributed by atoms with Crippen molar-refractivity contribution in [2.75, 3.05) is 13.6 Å². The average Bonchev–Trinajstić information content (AvgIpc) is 2.72. The second-order valence-electron chi connectivity index (χ2n) is 7.03. The highest BCUT2D eigenvalue weighted by molar-refractivity contribution is 7.89. The Labute approximate surface area is 175 Å². The second-order valence-corrected chi connectivity index (χ2v) is 9.07. The van der Waals surface area contributed by atoms with Gasteiger partial charge in [0.2, 0.25) is 15.9 Å². The van der Waals surface area contributed by atoms with Crippen molar-refractivity contribution in [1.29, 1.82) is 0 Å². The lowest BCUT2D eigenvalue weighted by molar-refractivity contribution is -0.128. The van der Waals surface area contributed by atoms with Crippen molar-refractivity contribution in [1.82, 2.24) is 15.2 Å². The van der Waals surface area contributed by atoms with Crippen LogP contribution in [-0.2, 0) is 26.0 Å². The molecule has 156 valence electrons. The van der Waals surface area contributed by atoms with Crippen molar-refractivity contribution in [3.05, 3.63) is 77.9 Å². The Morgan fingerprint density at radius 3 is 2.20 bits per heavy atom. The van der Waals surface area contributed by atoms with Crippen LogP contribution in [0.25, 0.3) is 10.8 Å². The predicted molar refractivity (Wildman–Crippen MR) is 115 cm³/mol. The number of aryl methyl sites for hydroxylation is 1. The molecule has 0 aliphatic carbocycles. The normalized spacial score (nSPS) is 11.4. The number of nitrogens with one attached hydrogen (secondary N) is 2. The Bertz CT molecular complexity index is 1170. The molecule has 0 saturated heterocycles. The molecule has 2 N–H and O–H groups in total. The molecule has 0 aliphatic rings. The van der Waals surface area contributed by atoms with E-state index < -0.39 is 28.4 Å². The molecule has 0 bridgehead atoms. The van der Waals surface area contributed by atoms with E-state index in [4.69, 9.17) is 0 Å². The highest BCUT2D eigenvalue weighted by Crippen LogP contribution is 2.16. The van der Waals surface area contributed by atoms with Gasteiger partial charge >= 0.3 is 0 Å². The largest absolute Gasteiger partial charge is 0.273 e. The third-order valence-electron chi connectivity index (χ3n) is 4.62. The van der Waals surface area contributed by atoms with Crippen LogP contribution < -0.4 is 10.9 Å². The van der Waals surface area contributed by atoms with Gasteiger partial charge in [-0.25, -0.2) is 8.42 Å². The number of fused-ring (bicyclic) bond motifs is 1. The summed E-state index contributed by atoms with van der Waals surface area (Å²) in [6.07, 6.45) is 0.0859. The molecule has 0 spiro atoms. The highest BCUT2D eigenvalue weighted by atomic mass is 32.2. The van der Waals surface area contributed by atoms with Crippen molar-refractivity contribution in [2.24, 2.45) is 0 Å². The van der Waals surface area contributed by atoms with Gasteiger partial charge in [0.25, 0.3) is 5.91 Å². The van der Waals surface area contributed by atoms with E-state index in [2.05, 4.69) is 10.9 Å². The minimum absolute atomic E-state index is 0.0859. The standard InChI is InChI=1S/C22H23N3O4S/c1-16-7-11-20(12-8-16)30(28,29)25(2)15-22(27)24-23-21(26)14-17-9-10-18-5-3-4-6-19(18)13-17/h3-13H,14-15H2,1-2H3,(H,23,26)(H,24,27). The molecular weight excluding hydrogens is 402 g/mol. The third kappa shape index (κ3) is 5.22. The van der Waals surface area contributed by atoms with Gasteiger partial charge < -0.3 is 0 Å². The first kappa shape index (κ1) is 21.5. The zero-order chi connectivity index (χ0) is 21.7. The van der Waals surface area contributed by atoms with E-state index in [-0.39, 0.29) is 11.3 Å². The predicted octanol–water partition coefficient (Wildman–Crippen LogP) is 2.16. The molecule has 0 heterocycles. The molecule has 8 heteroatoms. The smallest absolute Gasteiger partial charge is 0.253 e. The van der Waals surface area contributed by atoms with Gasteiger partial charge in [0.05, 0.1) is 17.9 Å². The number of nitrogens with zero attached hydrogens (tertiary/aromatic N) is 1. The van der Waals surface area contributed by atoms with Crippen molar-refractivity contribution < 1.29 is 18.0 Å². The molecule has 3 aromatic carbocycles. The van der Waals surface area contributed by atoms with E-state index in [1.807, 2.05) is 49.4 Å². The summed E-state index contributed by atoms with van der Waals surface area (Å²) in [5.41, 5.74) is 6.32. The van der Waals surface area contributed by atoms with Crippen molar-refractivity contribution in [3.8, 4) is 0 Å². The molecule has 3 rings (SSSR count). The first-order chi connectivity index (χ1) is 14.3. The first-order valence-electron chi connectivity index (χ1n) is 9.34. The molecule has 3 aromatic rings. The van der Waals surface area contributed by atoms with E-state index in [0.717, 1.165) is 26.2 Å². The Kier molecular flexibility index (Phi) is 6.49. The van der Waals surface area contributed by atoms with Gasteiger partial charge in [-0.2, -0.15) is 4.31 Å². The number of rotatable bonds is 6. The van der Waals surface area contributed by atoms with E-state index in [1.165, 1.54) is 19.2 Å². The quantitative estimate of drug-likeness (QED) is 0.592. The van der Waals surface area contributed by atoms with Crippen LogP contribution in [-0.4, -0.2) is 38.1 Å². The van der Waals surface area contributed by atoms with Crippen molar-refractivity contribution >= 4 is 32.6 Å². The molecule has 30 heavy (non-hydrogen) atoms. The monoisotopic (exact) mass is 425 g/mol. The number of hydrogen-bond donors (Lipinski definition) is 2. The molecule has 0 unspecified atom stereocenters. The number of hydrogen-bond acceptors (Lipinski definition) is 4. The molecule has 7 nitrogen and oxygen atoms in total.